The molecule has 1 aliphatic rings. The first-order valence-corrected chi connectivity index (χ1v) is 10.6. The molecule has 2 aromatic rings. The monoisotopic (exact) mass is 391 g/mol. The lowest BCUT2D eigenvalue weighted by Gasteiger charge is -2.07. The van der Waals surface area contributed by atoms with Gasteiger partial charge in [-0.05, 0) is 44.2 Å². The quantitative estimate of drug-likeness (QED) is 0.428. The molecule has 1 heterocycles. The molecule has 0 aliphatic carbocycles. The predicted molar refractivity (Wildman–Crippen MR) is 128 cm³/mol. The highest BCUT2D eigenvalue weighted by Gasteiger charge is 2.13. The number of nitrogens with two attached hydrogens (primary N) is 1. The van der Waals surface area contributed by atoms with E-state index in [1.165, 1.54) is 23.3 Å². The van der Waals surface area contributed by atoms with Crippen LogP contribution < -0.4 is 5.73 Å². The van der Waals surface area contributed by atoms with Crippen LogP contribution in [0.25, 0.3) is 0 Å². The minimum Gasteiger partial charge on any atom is -0.384 e. The van der Waals surface area contributed by atoms with Crippen molar-refractivity contribution < 1.29 is 0 Å². The van der Waals surface area contributed by atoms with Gasteiger partial charge in [0.05, 0.1) is 6.04 Å². The van der Waals surface area contributed by atoms with Crippen LogP contribution in [0.1, 0.15) is 68.8 Å². The van der Waals surface area contributed by atoms with E-state index in [0.29, 0.717) is 5.92 Å². The van der Waals surface area contributed by atoms with E-state index in [9.17, 15) is 0 Å². The van der Waals surface area contributed by atoms with Crippen molar-refractivity contribution in [2.45, 2.75) is 60.4 Å². The Kier molecular flexibility index (Phi) is 10.7. The fourth-order valence-electron chi connectivity index (χ4n) is 2.73. The third-order valence-electron chi connectivity index (χ3n) is 4.54. The number of aryl methyl sites for hydroxylation is 2. The molecule has 29 heavy (non-hydrogen) atoms. The van der Waals surface area contributed by atoms with Gasteiger partial charge >= 0.3 is 0 Å². The van der Waals surface area contributed by atoms with Crippen LogP contribution >= 0.6 is 0 Å². The molecule has 3 rings (SSSR count). The molecule has 0 saturated heterocycles. The van der Waals surface area contributed by atoms with E-state index >= 15 is 0 Å². The van der Waals surface area contributed by atoms with Crippen molar-refractivity contribution in [3.8, 4) is 0 Å². The number of nitrogens with one attached hydrogen (secondary N) is 1. The van der Waals surface area contributed by atoms with Crippen molar-refractivity contribution in [3.63, 3.8) is 0 Å². The van der Waals surface area contributed by atoms with Crippen molar-refractivity contribution in [2.75, 3.05) is 0 Å². The number of rotatable bonds is 5. The molecule has 1 unspecified atom stereocenters. The second-order valence-corrected chi connectivity index (χ2v) is 7.55. The van der Waals surface area contributed by atoms with Gasteiger partial charge in [0, 0.05) is 11.3 Å². The summed E-state index contributed by atoms with van der Waals surface area (Å²) < 4.78 is 0. The summed E-state index contributed by atoms with van der Waals surface area (Å²) in [6.45, 7) is 12.7. The smallest absolute Gasteiger partial charge is 0.122 e. The summed E-state index contributed by atoms with van der Waals surface area (Å²) in [7, 11) is 0. The van der Waals surface area contributed by atoms with Gasteiger partial charge in [0.25, 0.3) is 0 Å². The molecule has 1 atom stereocenters. The number of hydrogen-bond donors (Lipinski definition) is 2. The normalized spacial score (nSPS) is 14.4. The largest absolute Gasteiger partial charge is 0.384 e. The van der Waals surface area contributed by atoms with Crippen molar-refractivity contribution >= 4 is 11.5 Å². The second-order valence-electron chi connectivity index (χ2n) is 7.55. The van der Waals surface area contributed by atoms with E-state index in [4.69, 9.17) is 16.1 Å². The highest BCUT2D eigenvalue weighted by Crippen LogP contribution is 2.25. The summed E-state index contributed by atoms with van der Waals surface area (Å²) in [5.74, 6) is 0.819. The zero-order valence-electron chi connectivity index (χ0n) is 18.9. The van der Waals surface area contributed by atoms with Gasteiger partial charge in [0.15, 0.2) is 0 Å². The van der Waals surface area contributed by atoms with E-state index in [0.717, 1.165) is 17.5 Å². The fraction of sp³-hybridized carbons (Fsp3) is 0.385. The third-order valence-corrected chi connectivity index (χ3v) is 4.54. The number of benzene rings is 2. The molecule has 0 saturated carbocycles. The molecular formula is C26H37N3. The number of allylic oxidation sites excluding steroid dienone is 1. The van der Waals surface area contributed by atoms with Crippen LogP contribution in [0.2, 0.25) is 0 Å². The molecular weight excluding hydrogens is 354 g/mol. The highest BCUT2D eigenvalue weighted by molar-refractivity contribution is 5.97. The average Bonchev–Trinajstić information content (AvgIpc) is 3.20. The Morgan fingerprint density at radius 1 is 0.966 bits per heavy atom. The standard InChI is InChI=1S/C16H21N3.C8H10.C2H6/c1-11(2)3-8-14-9-10-15(19-14)12-4-6-13(7-5-12)16(17)18;1-7-3-5-8(2)6-4-7;1-2/h4-7,9-11,15H,3,8H2,1-2H3,(H3,17,18);3-6H,1-2H3;1-2H3. The maximum Gasteiger partial charge on any atom is 0.122 e. The molecule has 1 aliphatic heterocycles. The van der Waals surface area contributed by atoms with Gasteiger partial charge < -0.3 is 5.73 Å². The Bertz CT molecular complexity index is 776. The Morgan fingerprint density at radius 2 is 1.48 bits per heavy atom. The molecule has 156 valence electrons. The van der Waals surface area contributed by atoms with Gasteiger partial charge in [-0.15, -0.1) is 0 Å². The van der Waals surface area contributed by atoms with E-state index in [2.05, 4.69) is 64.1 Å². The molecule has 0 radical (unpaired) electrons. The molecule has 3 nitrogen and oxygen atoms in total. The Balaban J connectivity index is 0.000000351. The Morgan fingerprint density at radius 3 is 1.93 bits per heavy atom. The first-order chi connectivity index (χ1) is 13.8. The number of aliphatic imine (C=N–C) groups is 1. The Labute approximate surface area is 177 Å². The van der Waals surface area contributed by atoms with Crippen LogP contribution in [0.3, 0.4) is 0 Å². The van der Waals surface area contributed by atoms with Crippen molar-refractivity contribution in [1.29, 1.82) is 5.41 Å². The molecule has 0 bridgehead atoms. The van der Waals surface area contributed by atoms with Crippen molar-refractivity contribution in [1.82, 2.24) is 0 Å². The van der Waals surface area contributed by atoms with Gasteiger partial charge in [-0.2, -0.15) is 0 Å². The summed E-state index contributed by atoms with van der Waals surface area (Å²) in [6.07, 6.45) is 6.50. The lowest BCUT2D eigenvalue weighted by atomic mass is 10.1. The van der Waals surface area contributed by atoms with Crippen LogP contribution in [0.5, 0.6) is 0 Å². The van der Waals surface area contributed by atoms with Gasteiger partial charge in [-0.25, -0.2) is 0 Å². The number of hydrogen-bond acceptors (Lipinski definition) is 2. The van der Waals surface area contributed by atoms with Gasteiger partial charge in [0.1, 0.15) is 5.84 Å². The summed E-state index contributed by atoms with van der Waals surface area (Å²) in [4.78, 5) is 4.73. The molecule has 0 aromatic heterocycles. The van der Waals surface area contributed by atoms with E-state index in [1.54, 1.807) is 0 Å². The maximum absolute atomic E-state index is 7.38. The first kappa shape index (κ1) is 24.4. The summed E-state index contributed by atoms with van der Waals surface area (Å²) in [6, 6.07) is 16.4. The van der Waals surface area contributed by atoms with Crippen molar-refractivity contribution in [3.05, 3.63) is 82.9 Å². The zero-order valence-corrected chi connectivity index (χ0v) is 18.9. The van der Waals surface area contributed by atoms with Crippen LogP contribution in [0, 0.1) is 25.2 Å². The van der Waals surface area contributed by atoms with E-state index < -0.39 is 0 Å². The van der Waals surface area contributed by atoms with Gasteiger partial charge in [0.2, 0.25) is 0 Å². The lowest BCUT2D eigenvalue weighted by molar-refractivity contribution is 0.603. The zero-order chi connectivity index (χ0) is 21.8. The van der Waals surface area contributed by atoms with Crippen LogP contribution in [-0.4, -0.2) is 11.5 Å². The fourth-order valence-corrected chi connectivity index (χ4v) is 2.73. The minimum atomic E-state index is 0.106. The molecule has 0 fully saturated rings. The minimum absolute atomic E-state index is 0.106. The van der Waals surface area contributed by atoms with Gasteiger partial charge in [-0.1, -0.05) is 93.4 Å². The number of amidine groups is 1. The van der Waals surface area contributed by atoms with Crippen LogP contribution in [0.4, 0.5) is 0 Å². The molecule has 3 heteroatoms. The molecule has 2 aromatic carbocycles. The molecule has 0 amide bonds. The second kappa shape index (κ2) is 12.7. The average molecular weight is 392 g/mol. The van der Waals surface area contributed by atoms with E-state index in [1.807, 2.05) is 38.1 Å². The first-order valence-electron chi connectivity index (χ1n) is 10.6. The number of nitrogen functional groups attached to an aromatic ring is 1. The third kappa shape index (κ3) is 8.91. The maximum atomic E-state index is 7.38. The highest BCUT2D eigenvalue weighted by atomic mass is 14.8. The number of nitrogens with zero attached hydrogens (tertiary/aromatic N) is 1. The Hall–Kier alpha value is -2.68. The van der Waals surface area contributed by atoms with E-state index in [-0.39, 0.29) is 11.9 Å². The summed E-state index contributed by atoms with van der Waals surface area (Å²) in [5, 5.41) is 7.38. The van der Waals surface area contributed by atoms with Gasteiger partial charge in [-0.3, -0.25) is 10.4 Å². The molecule has 0 spiro atoms. The van der Waals surface area contributed by atoms with Crippen LogP contribution in [-0.2, 0) is 0 Å². The van der Waals surface area contributed by atoms with Crippen LogP contribution in [0.15, 0.2) is 65.7 Å². The van der Waals surface area contributed by atoms with Crippen molar-refractivity contribution in [2.24, 2.45) is 16.6 Å². The topological polar surface area (TPSA) is 62.2 Å². The summed E-state index contributed by atoms with van der Waals surface area (Å²) >= 11 is 0. The molecule has 3 N–H and O–H groups in total. The summed E-state index contributed by atoms with van der Waals surface area (Å²) in [5.41, 5.74) is 11.2. The SMILES string of the molecule is CC.CC(C)CCC1=NC(c2ccc(C(=N)N)cc2)C=C1.Cc1ccc(C)cc1. The lowest BCUT2D eigenvalue weighted by Crippen LogP contribution is -2.10. The predicted octanol–water partition coefficient (Wildman–Crippen LogP) is 6.79.